The average molecular weight is 192 g/mol. The third-order valence-electron chi connectivity index (χ3n) is 4.33. The molecule has 0 radical (unpaired) electrons. The number of Topliss-reactive ketones (excluding diaryl/α,β-unsaturated/α-hetero) is 1. The molecule has 0 aromatic heterocycles. The van der Waals surface area contributed by atoms with E-state index in [2.05, 4.69) is 26.8 Å². The number of ketones is 1. The zero-order valence-electron chi connectivity index (χ0n) is 9.47. The van der Waals surface area contributed by atoms with Gasteiger partial charge < -0.3 is 0 Å². The average Bonchev–Trinajstić information content (AvgIpc) is 2.42. The monoisotopic (exact) mass is 192 g/mol. The lowest BCUT2D eigenvalue weighted by Crippen LogP contribution is -2.36. The molecule has 0 aromatic carbocycles. The molecule has 0 bridgehead atoms. The molecule has 78 valence electrons. The van der Waals surface area contributed by atoms with Crippen LogP contribution in [0, 0.1) is 17.3 Å². The number of carbonyl (C=O) groups is 1. The van der Waals surface area contributed by atoms with Gasteiger partial charge in [-0.3, -0.25) is 4.79 Å². The third-order valence-corrected chi connectivity index (χ3v) is 4.33. The van der Waals surface area contributed by atoms with E-state index in [0.29, 0.717) is 17.6 Å². The van der Waals surface area contributed by atoms with Crippen molar-refractivity contribution < 1.29 is 4.79 Å². The second-order valence-corrected chi connectivity index (χ2v) is 5.26. The summed E-state index contributed by atoms with van der Waals surface area (Å²) in [4.78, 5) is 12.2. The third kappa shape index (κ3) is 1.25. The first kappa shape index (κ1) is 9.95. The van der Waals surface area contributed by atoms with Crippen LogP contribution in [0.1, 0.15) is 46.5 Å². The predicted octanol–water partition coefficient (Wildman–Crippen LogP) is 3.35. The summed E-state index contributed by atoms with van der Waals surface area (Å²) < 4.78 is 0. The van der Waals surface area contributed by atoms with E-state index >= 15 is 0 Å². The van der Waals surface area contributed by atoms with Crippen LogP contribution < -0.4 is 0 Å². The Kier molecular flexibility index (Phi) is 2.29. The lowest BCUT2D eigenvalue weighted by atomic mass is 9.66. The number of hydrogen-bond acceptors (Lipinski definition) is 1. The van der Waals surface area contributed by atoms with Crippen LogP contribution in [0.4, 0.5) is 0 Å². The van der Waals surface area contributed by atoms with E-state index in [4.69, 9.17) is 0 Å². The second-order valence-electron chi connectivity index (χ2n) is 5.26. The van der Waals surface area contributed by atoms with Crippen LogP contribution in [0.2, 0.25) is 0 Å². The van der Waals surface area contributed by atoms with Crippen molar-refractivity contribution in [2.45, 2.75) is 46.5 Å². The maximum atomic E-state index is 12.2. The summed E-state index contributed by atoms with van der Waals surface area (Å²) in [7, 11) is 0. The minimum absolute atomic E-state index is 0.0267. The lowest BCUT2D eigenvalue weighted by Gasteiger charge is -2.36. The minimum Gasteiger partial charge on any atom is -0.299 e. The van der Waals surface area contributed by atoms with Crippen molar-refractivity contribution in [2.75, 3.05) is 0 Å². The van der Waals surface area contributed by atoms with Crippen LogP contribution in [0.15, 0.2) is 11.6 Å². The quantitative estimate of drug-likeness (QED) is 0.538. The molecule has 3 unspecified atom stereocenters. The highest BCUT2D eigenvalue weighted by Crippen LogP contribution is 2.50. The van der Waals surface area contributed by atoms with Crippen LogP contribution in [0.5, 0.6) is 0 Å². The van der Waals surface area contributed by atoms with E-state index in [1.807, 2.05) is 0 Å². The summed E-state index contributed by atoms with van der Waals surface area (Å²) in [5, 5.41) is 0. The van der Waals surface area contributed by atoms with E-state index in [9.17, 15) is 4.79 Å². The van der Waals surface area contributed by atoms with Gasteiger partial charge in [0.2, 0.25) is 0 Å². The molecule has 1 fully saturated rings. The van der Waals surface area contributed by atoms with Crippen LogP contribution in [-0.4, -0.2) is 5.78 Å². The summed E-state index contributed by atoms with van der Waals surface area (Å²) >= 11 is 0. The maximum Gasteiger partial charge on any atom is 0.142 e. The molecule has 0 aliphatic heterocycles. The summed E-state index contributed by atoms with van der Waals surface area (Å²) in [6.07, 6.45) is 6.77. The zero-order valence-corrected chi connectivity index (χ0v) is 9.47. The smallest absolute Gasteiger partial charge is 0.142 e. The molecular weight excluding hydrogens is 172 g/mol. The molecule has 1 saturated carbocycles. The van der Waals surface area contributed by atoms with Gasteiger partial charge in [-0.1, -0.05) is 25.5 Å². The van der Waals surface area contributed by atoms with E-state index in [1.165, 1.54) is 5.57 Å². The second kappa shape index (κ2) is 3.22. The fourth-order valence-electron chi connectivity index (χ4n) is 3.24. The van der Waals surface area contributed by atoms with Gasteiger partial charge in [0, 0.05) is 11.3 Å². The first-order valence-electron chi connectivity index (χ1n) is 5.78. The van der Waals surface area contributed by atoms with Crippen LogP contribution in [0.25, 0.3) is 0 Å². The van der Waals surface area contributed by atoms with Gasteiger partial charge in [-0.25, -0.2) is 0 Å². The molecule has 1 nitrogen and oxygen atoms in total. The van der Waals surface area contributed by atoms with Crippen molar-refractivity contribution >= 4 is 5.78 Å². The molecule has 0 heterocycles. The van der Waals surface area contributed by atoms with Gasteiger partial charge in [0.15, 0.2) is 0 Å². The Bertz CT molecular complexity index is 290. The van der Waals surface area contributed by atoms with Gasteiger partial charge >= 0.3 is 0 Å². The van der Waals surface area contributed by atoms with Gasteiger partial charge in [-0.2, -0.15) is 0 Å². The summed E-state index contributed by atoms with van der Waals surface area (Å²) in [6, 6.07) is 0. The highest BCUT2D eigenvalue weighted by atomic mass is 16.1. The Hall–Kier alpha value is -0.590. The van der Waals surface area contributed by atoms with Gasteiger partial charge in [-0.15, -0.1) is 0 Å². The van der Waals surface area contributed by atoms with Crippen molar-refractivity contribution in [1.29, 1.82) is 0 Å². The Morgan fingerprint density at radius 2 is 2.07 bits per heavy atom. The highest BCUT2D eigenvalue weighted by molar-refractivity contribution is 5.89. The highest BCUT2D eigenvalue weighted by Gasteiger charge is 2.49. The molecule has 2 aliphatic carbocycles. The standard InChI is InChI=1S/C13H20O/c1-9-4-6-13(11(3)8-9)7-5-10(2)12(13)14/h8,10-11H,4-7H2,1-3H3. The van der Waals surface area contributed by atoms with Gasteiger partial charge in [0.25, 0.3) is 0 Å². The normalized spacial score (nSPS) is 43.1. The molecular formula is C13H20O. The van der Waals surface area contributed by atoms with Crippen molar-refractivity contribution in [1.82, 2.24) is 0 Å². The fourth-order valence-corrected chi connectivity index (χ4v) is 3.24. The first-order valence-corrected chi connectivity index (χ1v) is 5.78. The Balaban J connectivity index is 2.30. The van der Waals surface area contributed by atoms with Crippen molar-refractivity contribution in [3.63, 3.8) is 0 Å². The van der Waals surface area contributed by atoms with Gasteiger partial charge in [-0.05, 0) is 38.5 Å². The molecule has 0 saturated heterocycles. The van der Waals surface area contributed by atoms with Crippen LogP contribution in [-0.2, 0) is 4.79 Å². The van der Waals surface area contributed by atoms with Crippen molar-refractivity contribution in [2.24, 2.45) is 17.3 Å². The fraction of sp³-hybridized carbons (Fsp3) is 0.769. The molecule has 1 spiro atoms. The largest absolute Gasteiger partial charge is 0.299 e. The molecule has 0 N–H and O–H groups in total. The number of rotatable bonds is 0. The number of hydrogen-bond donors (Lipinski definition) is 0. The molecule has 0 amide bonds. The SMILES string of the molecule is CC1=CC(C)C2(CC1)CCC(C)C2=O. The molecule has 0 aromatic rings. The maximum absolute atomic E-state index is 12.2. The Labute approximate surface area is 86.6 Å². The number of allylic oxidation sites excluding steroid dienone is 2. The van der Waals surface area contributed by atoms with Crippen LogP contribution >= 0.6 is 0 Å². The molecule has 14 heavy (non-hydrogen) atoms. The zero-order chi connectivity index (χ0) is 10.3. The van der Waals surface area contributed by atoms with Crippen molar-refractivity contribution in [3.8, 4) is 0 Å². The summed E-state index contributed by atoms with van der Waals surface area (Å²) in [5.74, 6) is 1.31. The van der Waals surface area contributed by atoms with Gasteiger partial charge in [0.1, 0.15) is 5.78 Å². The van der Waals surface area contributed by atoms with E-state index in [1.54, 1.807) is 0 Å². The summed E-state index contributed by atoms with van der Waals surface area (Å²) in [6.45, 7) is 6.50. The van der Waals surface area contributed by atoms with E-state index < -0.39 is 0 Å². The van der Waals surface area contributed by atoms with E-state index in [0.717, 1.165) is 25.7 Å². The number of carbonyl (C=O) groups excluding carboxylic acids is 1. The first-order chi connectivity index (χ1) is 6.56. The summed E-state index contributed by atoms with van der Waals surface area (Å²) in [5.41, 5.74) is 1.49. The molecule has 3 atom stereocenters. The predicted molar refractivity (Wildman–Crippen MR) is 58.0 cm³/mol. The Morgan fingerprint density at radius 3 is 2.57 bits per heavy atom. The molecule has 2 aliphatic rings. The van der Waals surface area contributed by atoms with Gasteiger partial charge in [0.05, 0.1) is 0 Å². The van der Waals surface area contributed by atoms with Crippen LogP contribution in [0.3, 0.4) is 0 Å². The molecule has 1 heteroatoms. The minimum atomic E-state index is 0.0267. The van der Waals surface area contributed by atoms with E-state index in [-0.39, 0.29) is 5.41 Å². The topological polar surface area (TPSA) is 17.1 Å². The van der Waals surface area contributed by atoms with Crippen molar-refractivity contribution in [3.05, 3.63) is 11.6 Å². The molecule has 2 rings (SSSR count). The lowest BCUT2D eigenvalue weighted by molar-refractivity contribution is -0.130. The Morgan fingerprint density at radius 1 is 1.36 bits per heavy atom.